The second kappa shape index (κ2) is 10.2. The average molecular weight is 447 g/mol. The summed E-state index contributed by atoms with van der Waals surface area (Å²) in [6, 6.07) is 18.4. The van der Waals surface area contributed by atoms with Crippen LogP contribution in [0.4, 0.5) is 0 Å². The number of nitrogens with zero attached hydrogens (tertiary/aromatic N) is 3. The van der Waals surface area contributed by atoms with Crippen LogP contribution in [0, 0.1) is 0 Å². The molecule has 1 amide bonds. The van der Waals surface area contributed by atoms with Crippen LogP contribution < -0.4 is 5.56 Å². The zero-order valence-corrected chi connectivity index (χ0v) is 18.4. The summed E-state index contributed by atoms with van der Waals surface area (Å²) in [5.74, 6) is -0.998. The minimum absolute atomic E-state index is 0.113. The third-order valence-corrected chi connectivity index (χ3v) is 5.39. The topological polar surface area (TPSA) is 90.7 Å². The Bertz CT molecular complexity index is 1190. The maximum Gasteiger partial charge on any atom is 0.344 e. The number of morpholine rings is 1. The van der Waals surface area contributed by atoms with Gasteiger partial charge in [0.15, 0.2) is 0 Å². The third kappa shape index (κ3) is 4.85. The first-order valence-electron chi connectivity index (χ1n) is 10.9. The van der Waals surface area contributed by atoms with E-state index in [-0.39, 0.29) is 24.6 Å². The summed E-state index contributed by atoms with van der Waals surface area (Å²) in [6.07, 6.45) is 0. The number of carbonyl (C=O) groups is 2. The van der Waals surface area contributed by atoms with Gasteiger partial charge >= 0.3 is 5.97 Å². The van der Waals surface area contributed by atoms with Crippen LogP contribution >= 0.6 is 0 Å². The molecule has 170 valence electrons. The SMILES string of the molecule is CCOC(=O)c1c(-c2ccccc2)c(-c2ccccc2)nn(CC(=O)N2CCOCC2)c1=O. The van der Waals surface area contributed by atoms with Crippen molar-refractivity contribution in [3.63, 3.8) is 0 Å². The largest absolute Gasteiger partial charge is 0.462 e. The molecule has 0 N–H and O–H groups in total. The molecule has 0 spiro atoms. The van der Waals surface area contributed by atoms with Crippen LogP contribution in [0.1, 0.15) is 17.3 Å². The van der Waals surface area contributed by atoms with Gasteiger partial charge in [0, 0.05) is 24.2 Å². The van der Waals surface area contributed by atoms with Crippen molar-refractivity contribution in [2.75, 3.05) is 32.9 Å². The summed E-state index contributed by atoms with van der Waals surface area (Å²) >= 11 is 0. The van der Waals surface area contributed by atoms with E-state index in [0.29, 0.717) is 43.1 Å². The van der Waals surface area contributed by atoms with E-state index in [9.17, 15) is 14.4 Å². The smallest absolute Gasteiger partial charge is 0.344 e. The first-order valence-corrected chi connectivity index (χ1v) is 10.9. The highest BCUT2D eigenvalue weighted by Gasteiger charge is 2.27. The van der Waals surface area contributed by atoms with Gasteiger partial charge in [-0.25, -0.2) is 9.48 Å². The van der Waals surface area contributed by atoms with E-state index < -0.39 is 11.5 Å². The van der Waals surface area contributed by atoms with Gasteiger partial charge in [0.05, 0.1) is 25.5 Å². The number of amides is 1. The van der Waals surface area contributed by atoms with Crippen molar-refractivity contribution >= 4 is 11.9 Å². The summed E-state index contributed by atoms with van der Waals surface area (Å²) in [6.45, 7) is 3.31. The number of benzene rings is 2. The van der Waals surface area contributed by atoms with Crippen molar-refractivity contribution < 1.29 is 19.1 Å². The van der Waals surface area contributed by atoms with Crippen molar-refractivity contribution in [3.05, 3.63) is 76.6 Å². The number of hydrogen-bond donors (Lipinski definition) is 0. The van der Waals surface area contributed by atoms with Gasteiger partial charge < -0.3 is 14.4 Å². The first-order chi connectivity index (χ1) is 16.1. The molecule has 1 fully saturated rings. The lowest BCUT2D eigenvalue weighted by atomic mass is 9.95. The highest BCUT2D eigenvalue weighted by molar-refractivity contribution is 6.00. The number of carbonyl (C=O) groups excluding carboxylic acids is 2. The molecule has 0 radical (unpaired) electrons. The summed E-state index contributed by atoms with van der Waals surface area (Å²) < 4.78 is 11.6. The van der Waals surface area contributed by atoms with Gasteiger partial charge in [-0.15, -0.1) is 0 Å². The van der Waals surface area contributed by atoms with Gasteiger partial charge in [-0.1, -0.05) is 60.7 Å². The highest BCUT2D eigenvalue weighted by atomic mass is 16.5. The van der Waals surface area contributed by atoms with Gasteiger partial charge in [-0.3, -0.25) is 9.59 Å². The monoisotopic (exact) mass is 447 g/mol. The molecule has 1 saturated heterocycles. The molecule has 2 heterocycles. The minimum atomic E-state index is -0.742. The zero-order valence-electron chi connectivity index (χ0n) is 18.4. The number of esters is 1. The second-order valence-electron chi connectivity index (χ2n) is 7.51. The van der Waals surface area contributed by atoms with E-state index in [1.54, 1.807) is 11.8 Å². The Hall–Kier alpha value is -3.78. The molecule has 3 aromatic rings. The minimum Gasteiger partial charge on any atom is -0.462 e. The Morgan fingerprint density at radius 1 is 0.970 bits per heavy atom. The molecule has 33 heavy (non-hydrogen) atoms. The Morgan fingerprint density at radius 2 is 1.58 bits per heavy atom. The normalized spacial score (nSPS) is 13.5. The van der Waals surface area contributed by atoms with E-state index in [2.05, 4.69) is 5.10 Å². The number of rotatable bonds is 6. The van der Waals surface area contributed by atoms with Gasteiger partial charge in [0.25, 0.3) is 5.56 Å². The van der Waals surface area contributed by atoms with Crippen LogP contribution in [0.15, 0.2) is 65.5 Å². The van der Waals surface area contributed by atoms with Crippen LogP contribution in [0.2, 0.25) is 0 Å². The summed E-state index contributed by atoms with van der Waals surface area (Å²) in [5.41, 5.74) is 1.41. The summed E-state index contributed by atoms with van der Waals surface area (Å²) in [5, 5.41) is 4.57. The second-order valence-corrected chi connectivity index (χ2v) is 7.51. The van der Waals surface area contributed by atoms with E-state index in [4.69, 9.17) is 9.47 Å². The molecule has 0 atom stereocenters. The Kier molecular flexibility index (Phi) is 6.95. The fourth-order valence-corrected chi connectivity index (χ4v) is 3.80. The molecule has 1 aromatic heterocycles. The lowest BCUT2D eigenvalue weighted by molar-refractivity contribution is -0.136. The Morgan fingerprint density at radius 3 is 2.18 bits per heavy atom. The molecule has 4 rings (SSSR count). The van der Waals surface area contributed by atoms with Crippen molar-refractivity contribution in [2.45, 2.75) is 13.5 Å². The van der Waals surface area contributed by atoms with Gasteiger partial charge in [-0.05, 0) is 12.5 Å². The first kappa shape index (κ1) is 22.4. The molecule has 1 aliphatic heterocycles. The van der Waals surface area contributed by atoms with Crippen LogP contribution in [0.3, 0.4) is 0 Å². The van der Waals surface area contributed by atoms with Gasteiger partial charge in [-0.2, -0.15) is 5.10 Å². The Labute approximate surface area is 191 Å². The van der Waals surface area contributed by atoms with Crippen LogP contribution in [0.25, 0.3) is 22.4 Å². The highest BCUT2D eigenvalue weighted by Crippen LogP contribution is 2.32. The van der Waals surface area contributed by atoms with Crippen molar-refractivity contribution in [1.29, 1.82) is 0 Å². The van der Waals surface area contributed by atoms with Gasteiger partial charge in [0.1, 0.15) is 12.1 Å². The average Bonchev–Trinajstić information content (AvgIpc) is 2.86. The van der Waals surface area contributed by atoms with Crippen LogP contribution in [-0.2, 0) is 20.8 Å². The van der Waals surface area contributed by atoms with Gasteiger partial charge in [0.2, 0.25) is 5.91 Å². The third-order valence-electron chi connectivity index (χ3n) is 5.39. The van der Waals surface area contributed by atoms with Crippen molar-refractivity contribution in [1.82, 2.24) is 14.7 Å². The number of hydrogen-bond acceptors (Lipinski definition) is 6. The van der Waals surface area contributed by atoms with E-state index >= 15 is 0 Å². The predicted octanol–water partition coefficient (Wildman–Crippen LogP) is 2.61. The van der Waals surface area contributed by atoms with E-state index in [1.165, 1.54) is 0 Å². The Balaban J connectivity index is 1.92. The maximum absolute atomic E-state index is 13.5. The van der Waals surface area contributed by atoms with Crippen molar-refractivity contribution in [3.8, 4) is 22.4 Å². The standard InChI is InChI=1S/C25H25N3O5/c1-2-33-25(31)22-21(18-9-5-3-6-10-18)23(19-11-7-4-8-12-19)26-28(24(22)30)17-20(29)27-13-15-32-16-14-27/h3-12H,2,13-17H2,1H3. The van der Waals surface area contributed by atoms with Crippen LogP contribution in [-0.4, -0.2) is 59.5 Å². The molecule has 0 aliphatic carbocycles. The quantitative estimate of drug-likeness (QED) is 0.540. The fraction of sp³-hybridized carbons (Fsp3) is 0.280. The lowest BCUT2D eigenvalue weighted by Crippen LogP contribution is -2.44. The molecule has 0 bridgehead atoms. The lowest BCUT2D eigenvalue weighted by Gasteiger charge is -2.27. The van der Waals surface area contributed by atoms with Crippen LogP contribution in [0.5, 0.6) is 0 Å². The summed E-state index contributed by atoms with van der Waals surface area (Å²) in [4.78, 5) is 41.0. The summed E-state index contributed by atoms with van der Waals surface area (Å²) in [7, 11) is 0. The fourth-order valence-electron chi connectivity index (χ4n) is 3.80. The molecule has 0 saturated carbocycles. The molecule has 8 nitrogen and oxygen atoms in total. The van der Waals surface area contributed by atoms with E-state index in [0.717, 1.165) is 10.2 Å². The molecule has 2 aromatic carbocycles. The molecular formula is C25H25N3O5. The predicted molar refractivity (Wildman–Crippen MR) is 123 cm³/mol. The molecule has 0 unspecified atom stereocenters. The molecule has 1 aliphatic rings. The van der Waals surface area contributed by atoms with E-state index in [1.807, 2.05) is 60.7 Å². The molecule has 8 heteroatoms. The molecular weight excluding hydrogens is 422 g/mol. The number of ether oxygens (including phenoxy) is 2. The maximum atomic E-state index is 13.5. The van der Waals surface area contributed by atoms with Crippen molar-refractivity contribution in [2.24, 2.45) is 0 Å². The zero-order chi connectivity index (χ0) is 23.2. The number of aromatic nitrogens is 2.